The molecule has 3 aliphatic heterocycles. The summed E-state index contributed by atoms with van der Waals surface area (Å²) in [6.45, 7) is 10.2. The van der Waals surface area contributed by atoms with Crippen molar-refractivity contribution in [2.75, 3.05) is 39.8 Å². The number of amides is 2. The maximum atomic E-state index is 13.6. The first-order valence-corrected chi connectivity index (χ1v) is 12.7. The van der Waals surface area contributed by atoms with Gasteiger partial charge in [-0.1, -0.05) is 13.0 Å². The Balaban J connectivity index is 1.66. The number of piperidine rings is 1. The highest BCUT2D eigenvalue weighted by Crippen LogP contribution is 2.37. The van der Waals surface area contributed by atoms with Crippen LogP contribution in [0.5, 0.6) is 0 Å². The number of hydrogen-bond acceptors (Lipinski definition) is 5. The van der Waals surface area contributed by atoms with Gasteiger partial charge in [-0.2, -0.15) is 26.3 Å². The highest BCUT2D eigenvalue weighted by atomic mass is 19.4. The van der Waals surface area contributed by atoms with Gasteiger partial charge in [0.25, 0.3) is 12.0 Å². The van der Waals surface area contributed by atoms with Crippen LogP contribution in [-0.2, 0) is 9.53 Å². The number of alkyl halides is 6. The summed E-state index contributed by atoms with van der Waals surface area (Å²) in [5, 5.41) is 0. The lowest BCUT2D eigenvalue weighted by atomic mass is 9.86. The van der Waals surface area contributed by atoms with Crippen molar-refractivity contribution < 1.29 is 40.7 Å². The highest BCUT2D eigenvalue weighted by Gasteiger charge is 2.60. The first-order valence-electron chi connectivity index (χ1n) is 12.7. The van der Waals surface area contributed by atoms with Crippen molar-refractivity contribution in [3.05, 3.63) is 23.5 Å². The summed E-state index contributed by atoms with van der Waals surface area (Å²) >= 11 is 0. The van der Waals surface area contributed by atoms with Crippen LogP contribution >= 0.6 is 0 Å². The average Bonchev–Trinajstić information content (AvgIpc) is 2.98. The molecular formula is C25H36F6N4O3. The molecule has 13 heteroatoms. The Bertz CT molecular complexity index is 940. The molecule has 0 aromatic rings. The lowest BCUT2D eigenvalue weighted by molar-refractivity contribution is -0.308. The number of likely N-dealkylation sites (N-methyl/N-ethyl adjacent to an activating group) is 1. The monoisotopic (exact) mass is 554 g/mol. The Morgan fingerprint density at radius 1 is 1.05 bits per heavy atom. The molecule has 1 unspecified atom stereocenters. The summed E-state index contributed by atoms with van der Waals surface area (Å²) < 4.78 is 80.5. The zero-order valence-corrected chi connectivity index (χ0v) is 22.3. The van der Waals surface area contributed by atoms with Crippen LogP contribution in [0.4, 0.5) is 31.1 Å². The molecule has 38 heavy (non-hydrogen) atoms. The number of nitrogens with zero attached hydrogens (tertiary/aromatic N) is 4. The molecule has 0 aromatic carbocycles. The third-order valence-electron chi connectivity index (χ3n) is 7.90. The predicted octanol–water partition coefficient (Wildman–Crippen LogP) is 4.76. The number of hydrogen-bond donors (Lipinski definition) is 0. The summed E-state index contributed by atoms with van der Waals surface area (Å²) in [5.74, 6) is -0.234. The number of likely N-dealkylation sites (tertiary alicyclic amines) is 1. The van der Waals surface area contributed by atoms with E-state index in [2.05, 4.69) is 34.5 Å². The van der Waals surface area contributed by atoms with Crippen LogP contribution in [-0.4, -0.2) is 101 Å². The number of halogens is 6. The van der Waals surface area contributed by atoms with Gasteiger partial charge in [-0.25, -0.2) is 4.79 Å². The minimum atomic E-state index is -5.77. The zero-order valence-electron chi connectivity index (χ0n) is 22.3. The molecule has 3 aliphatic rings. The Kier molecular flexibility index (Phi) is 8.69. The summed E-state index contributed by atoms with van der Waals surface area (Å²) in [6, 6.07) is 0.408. The minimum absolute atomic E-state index is 0.0455. The predicted molar refractivity (Wildman–Crippen MR) is 128 cm³/mol. The second-order valence-electron chi connectivity index (χ2n) is 10.9. The van der Waals surface area contributed by atoms with Crippen LogP contribution in [0.2, 0.25) is 0 Å². The second-order valence-corrected chi connectivity index (χ2v) is 10.9. The van der Waals surface area contributed by atoms with E-state index in [1.807, 2.05) is 13.1 Å². The Morgan fingerprint density at radius 2 is 1.63 bits per heavy atom. The third-order valence-corrected chi connectivity index (χ3v) is 7.90. The number of piperazine rings is 1. The number of carbonyl (C=O) groups excluding carboxylic acids is 2. The van der Waals surface area contributed by atoms with E-state index in [0.29, 0.717) is 18.0 Å². The maximum absolute atomic E-state index is 13.6. The first-order chi connectivity index (χ1) is 17.4. The molecule has 0 N–H and O–H groups in total. The molecule has 3 rings (SSSR count). The van der Waals surface area contributed by atoms with Crippen LogP contribution in [0.3, 0.4) is 0 Å². The Labute approximate surface area is 219 Å². The molecule has 2 fully saturated rings. The molecule has 0 spiro atoms. The molecule has 216 valence electrons. The van der Waals surface area contributed by atoms with E-state index in [-0.39, 0.29) is 37.8 Å². The summed E-state index contributed by atoms with van der Waals surface area (Å²) in [6.07, 6.45) is -12.3. The Hall–Kier alpha value is -2.44. The van der Waals surface area contributed by atoms with Crippen LogP contribution in [0.25, 0.3) is 0 Å². The van der Waals surface area contributed by atoms with Gasteiger partial charge in [0.15, 0.2) is 0 Å². The molecular weight excluding hydrogens is 518 g/mol. The van der Waals surface area contributed by atoms with Crippen LogP contribution < -0.4 is 0 Å². The fourth-order valence-electron chi connectivity index (χ4n) is 4.97. The number of carbonyl (C=O) groups is 2. The molecule has 0 saturated carbocycles. The smallest absolute Gasteiger partial charge is 0.426 e. The van der Waals surface area contributed by atoms with E-state index >= 15 is 0 Å². The largest absolute Gasteiger partial charge is 0.434 e. The van der Waals surface area contributed by atoms with E-state index in [9.17, 15) is 35.9 Å². The van der Waals surface area contributed by atoms with Gasteiger partial charge in [0.1, 0.15) is 0 Å². The topological polar surface area (TPSA) is 56.3 Å². The standard InChI is InChI=1S/C25H36F6N4O3/c1-16(2)34-12-13-35-15-19(17(3)6-7-18(35)14-34)20(36)32(5)23(4)8-10-33(11-9-23)22(37)38-21(24(26,27)28)25(29,30)31/h7,15-17,21H,6,8-14H2,1-5H3. The van der Waals surface area contributed by atoms with Crippen molar-refractivity contribution in [3.8, 4) is 0 Å². The molecule has 0 bridgehead atoms. The van der Waals surface area contributed by atoms with Crippen LogP contribution in [0, 0.1) is 5.92 Å². The number of fused-ring (bicyclic) bond motifs is 1. The molecule has 0 radical (unpaired) electrons. The van der Waals surface area contributed by atoms with E-state index in [1.165, 1.54) is 0 Å². The van der Waals surface area contributed by atoms with E-state index < -0.39 is 30.1 Å². The maximum Gasteiger partial charge on any atom is 0.434 e. The van der Waals surface area contributed by atoms with Crippen molar-refractivity contribution in [1.29, 1.82) is 0 Å². The van der Waals surface area contributed by atoms with E-state index in [1.54, 1.807) is 18.9 Å². The minimum Gasteiger partial charge on any atom is -0.426 e. The SMILES string of the molecule is CC1CC=C2CN(C(C)C)CCN2C=C1C(=O)N(C)C1(C)CCN(C(=O)OC(C(F)(F)F)C(F)(F)F)CC1. The first kappa shape index (κ1) is 30.1. The lowest BCUT2D eigenvalue weighted by Gasteiger charge is -2.45. The fraction of sp³-hybridized carbons (Fsp3) is 0.760. The van der Waals surface area contributed by atoms with Gasteiger partial charge in [-0.3, -0.25) is 9.69 Å². The number of ether oxygens (including phenoxy) is 1. The lowest BCUT2D eigenvalue weighted by Crippen LogP contribution is -2.56. The third kappa shape index (κ3) is 6.58. The van der Waals surface area contributed by atoms with Gasteiger partial charge in [0.2, 0.25) is 0 Å². The molecule has 0 aliphatic carbocycles. The zero-order chi connectivity index (χ0) is 28.6. The number of rotatable bonds is 4. The van der Waals surface area contributed by atoms with E-state index in [0.717, 1.165) is 30.2 Å². The summed E-state index contributed by atoms with van der Waals surface area (Å²) in [4.78, 5) is 32.7. The van der Waals surface area contributed by atoms with Gasteiger partial charge in [0.05, 0.1) is 0 Å². The summed E-state index contributed by atoms with van der Waals surface area (Å²) in [7, 11) is 1.64. The quantitative estimate of drug-likeness (QED) is 0.469. The number of allylic oxidation sites excluding steroid dienone is 1. The van der Waals surface area contributed by atoms with E-state index in [4.69, 9.17) is 0 Å². The molecule has 0 aromatic heterocycles. The molecule has 1 atom stereocenters. The van der Waals surface area contributed by atoms with Crippen molar-refractivity contribution in [2.45, 2.75) is 77.0 Å². The molecule has 2 saturated heterocycles. The van der Waals surface area contributed by atoms with Crippen molar-refractivity contribution in [2.24, 2.45) is 5.92 Å². The van der Waals surface area contributed by atoms with Crippen molar-refractivity contribution in [3.63, 3.8) is 0 Å². The van der Waals surface area contributed by atoms with Gasteiger partial charge in [-0.15, -0.1) is 0 Å². The highest BCUT2D eigenvalue weighted by molar-refractivity contribution is 5.94. The molecule has 2 amide bonds. The fourth-order valence-corrected chi connectivity index (χ4v) is 4.97. The van der Waals surface area contributed by atoms with Crippen molar-refractivity contribution >= 4 is 12.0 Å². The van der Waals surface area contributed by atoms with Gasteiger partial charge < -0.3 is 19.4 Å². The van der Waals surface area contributed by atoms with Gasteiger partial charge >= 0.3 is 18.4 Å². The second kappa shape index (κ2) is 11.0. The van der Waals surface area contributed by atoms with Gasteiger partial charge in [0, 0.05) is 68.8 Å². The van der Waals surface area contributed by atoms with Crippen molar-refractivity contribution in [1.82, 2.24) is 19.6 Å². The molecule has 7 nitrogen and oxygen atoms in total. The van der Waals surface area contributed by atoms with Gasteiger partial charge in [-0.05, 0) is 46.0 Å². The Morgan fingerprint density at radius 3 is 2.16 bits per heavy atom. The average molecular weight is 555 g/mol. The molecule has 3 heterocycles. The van der Waals surface area contributed by atoms with Crippen LogP contribution in [0.15, 0.2) is 23.5 Å². The van der Waals surface area contributed by atoms with Crippen LogP contribution in [0.1, 0.15) is 47.0 Å². The normalized spacial score (nSPS) is 23.0. The summed E-state index contributed by atoms with van der Waals surface area (Å²) in [5.41, 5.74) is 1.04.